The lowest BCUT2D eigenvalue weighted by atomic mass is 10.2. The molecule has 0 radical (unpaired) electrons. The van der Waals surface area contributed by atoms with Crippen LogP contribution in [0.2, 0.25) is 0 Å². The van der Waals surface area contributed by atoms with E-state index in [1.165, 1.54) is 5.56 Å². The zero-order chi connectivity index (χ0) is 10.5. The molecule has 1 aromatic carbocycles. The van der Waals surface area contributed by atoms with E-state index in [-0.39, 0.29) is 0 Å². The monoisotopic (exact) mass is 203 g/mol. The first-order chi connectivity index (χ1) is 7.34. The highest BCUT2D eigenvalue weighted by atomic mass is 16.5. The molecule has 2 rings (SSSR count). The van der Waals surface area contributed by atoms with E-state index in [1.807, 2.05) is 30.3 Å². The number of hydrogen-bond donors (Lipinski definition) is 0. The number of hydrogen-bond acceptors (Lipinski definition) is 3. The van der Waals surface area contributed by atoms with E-state index in [4.69, 9.17) is 9.26 Å². The number of ether oxygens (including phenoxy) is 1. The van der Waals surface area contributed by atoms with Crippen LogP contribution in [0.15, 0.2) is 41.1 Å². The third-order valence-corrected chi connectivity index (χ3v) is 2.14. The molecule has 1 heterocycles. The fourth-order valence-corrected chi connectivity index (χ4v) is 1.27. The standard InChI is InChI=1S/C12H13NO2/c1-10-2-4-12(5-3-10)14-8-6-11-7-9-15-13-11/h2-5,7,9H,6,8H2,1H3. The molecule has 0 aliphatic carbocycles. The van der Waals surface area contributed by atoms with E-state index < -0.39 is 0 Å². The van der Waals surface area contributed by atoms with Gasteiger partial charge in [-0.1, -0.05) is 22.9 Å². The molecule has 0 atom stereocenters. The van der Waals surface area contributed by atoms with Crippen molar-refractivity contribution in [3.05, 3.63) is 47.9 Å². The van der Waals surface area contributed by atoms with Crippen molar-refractivity contribution in [2.45, 2.75) is 13.3 Å². The second-order valence-electron chi connectivity index (χ2n) is 3.40. The number of rotatable bonds is 4. The molecule has 0 fully saturated rings. The van der Waals surface area contributed by atoms with Crippen LogP contribution in [-0.4, -0.2) is 11.8 Å². The van der Waals surface area contributed by atoms with Crippen LogP contribution in [0.3, 0.4) is 0 Å². The van der Waals surface area contributed by atoms with Crippen molar-refractivity contribution in [1.82, 2.24) is 5.16 Å². The van der Waals surface area contributed by atoms with Crippen LogP contribution < -0.4 is 4.74 Å². The van der Waals surface area contributed by atoms with E-state index in [1.54, 1.807) is 6.26 Å². The maximum absolute atomic E-state index is 5.55. The Balaban J connectivity index is 1.81. The molecule has 0 spiro atoms. The zero-order valence-corrected chi connectivity index (χ0v) is 8.64. The van der Waals surface area contributed by atoms with Crippen LogP contribution >= 0.6 is 0 Å². The van der Waals surface area contributed by atoms with Gasteiger partial charge in [0, 0.05) is 12.5 Å². The van der Waals surface area contributed by atoms with Gasteiger partial charge in [-0.05, 0) is 19.1 Å². The molecule has 0 bridgehead atoms. The second-order valence-corrected chi connectivity index (χ2v) is 3.40. The molecule has 0 aliphatic heterocycles. The summed E-state index contributed by atoms with van der Waals surface area (Å²) < 4.78 is 10.3. The van der Waals surface area contributed by atoms with Crippen molar-refractivity contribution in [3.8, 4) is 5.75 Å². The molecular formula is C12H13NO2. The average molecular weight is 203 g/mol. The number of aryl methyl sites for hydroxylation is 1. The minimum atomic E-state index is 0.621. The number of aromatic nitrogens is 1. The Morgan fingerprint density at radius 3 is 2.67 bits per heavy atom. The van der Waals surface area contributed by atoms with Gasteiger partial charge in [-0.3, -0.25) is 0 Å². The summed E-state index contributed by atoms with van der Waals surface area (Å²) in [5, 5.41) is 3.81. The van der Waals surface area contributed by atoms with Gasteiger partial charge in [0.15, 0.2) is 0 Å². The van der Waals surface area contributed by atoms with Crippen molar-refractivity contribution in [3.63, 3.8) is 0 Å². The molecule has 3 nitrogen and oxygen atoms in total. The third-order valence-electron chi connectivity index (χ3n) is 2.14. The predicted octanol–water partition coefficient (Wildman–Crippen LogP) is 2.60. The van der Waals surface area contributed by atoms with Gasteiger partial charge in [0.05, 0.1) is 12.3 Å². The van der Waals surface area contributed by atoms with E-state index in [0.717, 1.165) is 17.9 Å². The summed E-state index contributed by atoms with van der Waals surface area (Å²) in [5.41, 5.74) is 2.15. The Morgan fingerprint density at radius 2 is 2.00 bits per heavy atom. The lowest BCUT2D eigenvalue weighted by molar-refractivity contribution is 0.315. The van der Waals surface area contributed by atoms with Gasteiger partial charge in [-0.25, -0.2) is 0 Å². The quantitative estimate of drug-likeness (QED) is 0.766. The topological polar surface area (TPSA) is 35.3 Å². The third kappa shape index (κ3) is 2.84. The first-order valence-corrected chi connectivity index (χ1v) is 4.93. The summed E-state index contributed by atoms with van der Waals surface area (Å²) in [4.78, 5) is 0. The van der Waals surface area contributed by atoms with Gasteiger partial charge < -0.3 is 9.26 Å². The van der Waals surface area contributed by atoms with Crippen molar-refractivity contribution in [1.29, 1.82) is 0 Å². The van der Waals surface area contributed by atoms with Gasteiger partial charge in [-0.2, -0.15) is 0 Å². The van der Waals surface area contributed by atoms with E-state index >= 15 is 0 Å². The SMILES string of the molecule is Cc1ccc(OCCc2ccon2)cc1. The second kappa shape index (κ2) is 4.64. The highest BCUT2D eigenvalue weighted by molar-refractivity contribution is 5.26. The summed E-state index contributed by atoms with van der Waals surface area (Å²) in [6, 6.07) is 9.85. The predicted molar refractivity (Wildman–Crippen MR) is 56.9 cm³/mol. The largest absolute Gasteiger partial charge is 0.493 e. The molecule has 0 saturated carbocycles. The Kier molecular flexibility index (Phi) is 3.02. The van der Waals surface area contributed by atoms with Crippen molar-refractivity contribution < 1.29 is 9.26 Å². The summed E-state index contributed by atoms with van der Waals surface area (Å²) in [7, 11) is 0. The van der Waals surface area contributed by atoms with Crippen molar-refractivity contribution in [2.24, 2.45) is 0 Å². The van der Waals surface area contributed by atoms with Crippen molar-refractivity contribution in [2.75, 3.05) is 6.61 Å². The smallest absolute Gasteiger partial charge is 0.124 e. The molecular weight excluding hydrogens is 190 g/mol. The molecule has 0 amide bonds. The molecule has 0 unspecified atom stereocenters. The van der Waals surface area contributed by atoms with Crippen LogP contribution in [0.1, 0.15) is 11.3 Å². The van der Waals surface area contributed by atoms with E-state index in [0.29, 0.717) is 6.61 Å². The number of benzene rings is 1. The molecule has 3 heteroatoms. The first-order valence-electron chi connectivity index (χ1n) is 4.93. The zero-order valence-electron chi connectivity index (χ0n) is 8.64. The van der Waals surface area contributed by atoms with Crippen molar-refractivity contribution >= 4 is 0 Å². The molecule has 1 aromatic heterocycles. The Hall–Kier alpha value is -1.77. The van der Waals surface area contributed by atoms with Crippen LogP contribution in [0.5, 0.6) is 5.75 Å². The summed E-state index contributed by atoms with van der Waals surface area (Å²) in [6.45, 7) is 2.68. The summed E-state index contributed by atoms with van der Waals surface area (Å²) in [6.07, 6.45) is 2.34. The van der Waals surface area contributed by atoms with E-state index in [9.17, 15) is 0 Å². The fourth-order valence-electron chi connectivity index (χ4n) is 1.27. The van der Waals surface area contributed by atoms with E-state index in [2.05, 4.69) is 12.1 Å². The Labute approximate surface area is 88.7 Å². The molecule has 0 saturated heterocycles. The lowest BCUT2D eigenvalue weighted by Gasteiger charge is -2.04. The molecule has 15 heavy (non-hydrogen) atoms. The molecule has 78 valence electrons. The minimum absolute atomic E-state index is 0.621. The minimum Gasteiger partial charge on any atom is -0.493 e. The van der Waals surface area contributed by atoms with Gasteiger partial charge in [0.25, 0.3) is 0 Å². The molecule has 0 N–H and O–H groups in total. The van der Waals surface area contributed by atoms with Crippen LogP contribution in [0.4, 0.5) is 0 Å². The van der Waals surface area contributed by atoms with Crippen LogP contribution in [-0.2, 0) is 6.42 Å². The Morgan fingerprint density at radius 1 is 1.20 bits per heavy atom. The highest BCUT2D eigenvalue weighted by Crippen LogP contribution is 2.11. The average Bonchev–Trinajstić information content (AvgIpc) is 2.74. The van der Waals surface area contributed by atoms with Gasteiger partial charge in [0.1, 0.15) is 12.0 Å². The first kappa shape index (κ1) is 9.77. The number of nitrogens with zero attached hydrogens (tertiary/aromatic N) is 1. The van der Waals surface area contributed by atoms with Crippen LogP contribution in [0, 0.1) is 6.92 Å². The summed E-state index contributed by atoms with van der Waals surface area (Å²) >= 11 is 0. The summed E-state index contributed by atoms with van der Waals surface area (Å²) in [5.74, 6) is 0.893. The maximum Gasteiger partial charge on any atom is 0.124 e. The fraction of sp³-hybridized carbons (Fsp3) is 0.250. The van der Waals surface area contributed by atoms with Gasteiger partial charge >= 0.3 is 0 Å². The highest BCUT2D eigenvalue weighted by Gasteiger charge is 1.97. The lowest BCUT2D eigenvalue weighted by Crippen LogP contribution is -2.01. The Bertz CT molecular complexity index is 392. The van der Waals surface area contributed by atoms with Gasteiger partial charge in [0.2, 0.25) is 0 Å². The van der Waals surface area contributed by atoms with Crippen LogP contribution in [0.25, 0.3) is 0 Å². The maximum atomic E-state index is 5.55. The van der Waals surface area contributed by atoms with Gasteiger partial charge in [-0.15, -0.1) is 0 Å². The molecule has 0 aliphatic rings. The molecule has 2 aromatic rings. The normalized spacial score (nSPS) is 10.2.